The first-order valence-electron chi connectivity index (χ1n) is 6.08. The summed E-state index contributed by atoms with van der Waals surface area (Å²) in [6.45, 7) is 3.91. The minimum absolute atomic E-state index is 0.272. The molecule has 1 aromatic heterocycles. The van der Waals surface area contributed by atoms with Gasteiger partial charge in [0.2, 0.25) is 5.91 Å². The maximum Gasteiger partial charge on any atom is 0.231 e. The lowest BCUT2D eigenvalue weighted by Gasteiger charge is -2.20. The topological polar surface area (TPSA) is 97.3 Å². The van der Waals surface area contributed by atoms with Crippen molar-refractivity contribution in [1.82, 2.24) is 9.88 Å². The number of carbonyl (C=O) groups is 1. The molecule has 0 radical (unpaired) electrons. The standard InChI is InChI=1S/C12H21N5O/c1-2-3-6-17(9-11(13)18)8-10-4-5-15-12(7-10)16-14/h4-5,7H,2-3,6,8-9,14H2,1H3,(H2,13,18)(H,15,16). The van der Waals surface area contributed by atoms with Crippen molar-refractivity contribution in [3.8, 4) is 0 Å². The zero-order chi connectivity index (χ0) is 13.4. The van der Waals surface area contributed by atoms with E-state index in [0.717, 1.165) is 24.9 Å². The summed E-state index contributed by atoms with van der Waals surface area (Å²) in [5, 5.41) is 0. The van der Waals surface area contributed by atoms with Crippen molar-refractivity contribution < 1.29 is 4.79 Å². The predicted octanol–water partition coefficient (Wildman–Crippen LogP) is 0.455. The molecule has 0 atom stereocenters. The van der Waals surface area contributed by atoms with Gasteiger partial charge in [-0.05, 0) is 30.7 Å². The van der Waals surface area contributed by atoms with Gasteiger partial charge >= 0.3 is 0 Å². The average Bonchev–Trinajstić information content (AvgIpc) is 2.35. The van der Waals surface area contributed by atoms with E-state index in [0.29, 0.717) is 12.4 Å². The van der Waals surface area contributed by atoms with Gasteiger partial charge in [-0.25, -0.2) is 10.8 Å². The third-order valence-electron chi connectivity index (χ3n) is 2.59. The Morgan fingerprint density at radius 1 is 1.56 bits per heavy atom. The minimum Gasteiger partial charge on any atom is -0.369 e. The van der Waals surface area contributed by atoms with Crippen LogP contribution in [0.15, 0.2) is 18.3 Å². The lowest BCUT2D eigenvalue weighted by Crippen LogP contribution is -2.34. The average molecular weight is 251 g/mol. The van der Waals surface area contributed by atoms with Crippen LogP contribution < -0.4 is 17.0 Å². The normalized spacial score (nSPS) is 10.6. The Hall–Kier alpha value is -1.66. The zero-order valence-electron chi connectivity index (χ0n) is 10.7. The van der Waals surface area contributed by atoms with E-state index in [1.165, 1.54) is 0 Å². The molecule has 0 saturated carbocycles. The number of carbonyl (C=O) groups excluding carboxylic acids is 1. The maximum atomic E-state index is 11.0. The van der Waals surface area contributed by atoms with Crippen LogP contribution in [0, 0.1) is 0 Å². The Bertz CT molecular complexity index is 382. The number of pyridine rings is 1. The number of anilines is 1. The molecule has 0 aliphatic carbocycles. The highest BCUT2D eigenvalue weighted by Gasteiger charge is 2.09. The Labute approximate surface area is 107 Å². The van der Waals surface area contributed by atoms with Gasteiger partial charge in [0.15, 0.2) is 0 Å². The molecule has 0 saturated heterocycles. The molecule has 1 aromatic rings. The van der Waals surface area contributed by atoms with Gasteiger partial charge in [-0.3, -0.25) is 9.69 Å². The second-order valence-electron chi connectivity index (χ2n) is 4.22. The number of nitrogens with two attached hydrogens (primary N) is 2. The molecule has 100 valence electrons. The van der Waals surface area contributed by atoms with Crippen LogP contribution >= 0.6 is 0 Å². The van der Waals surface area contributed by atoms with Gasteiger partial charge in [-0.15, -0.1) is 0 Å². The van der Waals surface area contributed by atoms with E-state index in [2.05, 4.69) is 17.3 Å². The van der Waals surface area contributed by atoms with Crippen molar-refractivity contribution in [2.75, 3.05) is 18.5 Å². The van der Waals surface area contributed by atoms with Crippen molar-refractivity contribution in [1.29, 1.82) is 0 Å². The second kappa shape index (κ2) is 7.62. The van der Waals surface area contributed by atoms with E-state index in [4.69, 9.17) is 11.6 Å². The number of amides is 1. The van der Waals surface area contributed by atoms with Crippen LogP contribution in [0.1, 0.15) is 25.3 Å². The Morgan fingerprint density at radius 2 is 2.33 bits per heavy atom. The number of nitrogens with zero attached hydrogens (tertiary/aromatic N) is 2. The molecule has 1 heterocycles. The molecule has 6 nitrogen and oxygen atoms in total. The van der Waals surface area contributed by atoms with Crippen molar-refractivity contribution in [3.05, 3.63) is 23.9 Å². The molecule has 1 amide bonds. The maximum absolute atomic E-state index is 11.0. The lowest BCUT2D eigenvalue weighted by atomic mass is 10.2. The first-order valence-corrected chi connectivity index (χ1v) is 6.08. The fourth-order valence-electron chi connectivity index (χ4n) is 1.73. The van der Waals surface area contributed by atoms with E-state index < -0.39 is 0 Å². The molecule has 6 heteroatoms. The number of hydrazine groups is 1. The summed E-state index contributed by atoms with van der Waals surface area (Å²) in [5.74, 6) is 5.62. The summed E-state index contributed by atoms with van der Waals surface area (Å²) in [7, 11) is 0. The fraction of sp³-hybridized carbons (Fsp3) is 0.500. The lowest BCUT2D eigenvalue weighted by molar-refractivity contribution is -0.119. The highest BCUT2D eigenvalue weighted by atomic mass is 16.1. The highest BCUT2D eigenvalue weighted by molar-refractivity contribution is 5.75. The number of primary amides is 1. The fourth-order valence-corrected chi connectivity index (χ4v) is 1.73. The first kappa shape index (κ1) is 14.4. The van der Waals surface area contributed by atoms with E-state index >= 15 is 0 Å². The molecular formula is C12H21N5O. The molecular weight excluding hydrogens is 230 g/mol. The van der Waals surface area contributed by atoms with Gasteiger partial charge in [-0.2, -0.15) is 0 Å². The first-order chi connectivity index (χ1) is 8.65. The van der Waals surface area contributed by atoms with E-state index in [-0.39, 0.29) is 12.5 Å². The summed E-state index contributed by atoms with van der Waals surface area (Å²) in [6.07, 6.45) is 3.81. The summed E-state index contributed by atoms with van der Waals surface area (Å²) in [4.78, 5) is 17.1. The number of hydrogen-bond donors (Lipinski definition) is 3. The van der Waals surface area contributed by atoms with Gasteiger partial charge in [0, 0.05) is 12.7 Å². The number of hydrogen-bond acceptors (Lipinski definition) is 5. The van der Waals surface area contributed by atoms with Gasteiger partial charge in [-0.1, -0.05) is 13.3 Å². The minimum atomic E-state index is -0.308. The summed E-state index contributed by atoms with van der Waals surface area (Å²) < 4.78 is 0. The summed E-state index contributed by atoms with van der Waals surface area (Å²) in [6, 6.07) is 3.76. The number of nitrogens with one attached hydrogen (secondary N) is 1. The van der Waals surface area contributed by atoms with Crippen LogP contribution in [-0.4, -0.2) is 28.9 Å². The van der Waals surface area contributed by atoms with Gasteiger partial charge in [0.05, 0.1) is 6.54 Å². The largest absolute Gasteiger partial charge is 0.369 e. The molecule has 0 fully saturated rings. The van der Waals surface area contributed by atoms with Gasteiger partial charge < -0.3 is 11.2 Å². The SMILES string of the molecule is CCCCN(CC(N)=O)Cc1ccnc(NN)c1. The number of nitrogen functional groups attached to an aromatic ring is 1. The monoisotopic (exact) mass is 251 g/mol. The van der Waals surface area contributed by atoms with Crippen LogP contribution in [-0.2, 0) is 11.3 Å². The van der Waals surface area contributed by atoms with Crippen molar-refractivity contribution in [2.24, 2.45) is 11.6 Å². The molecule has 0 spiro atoms. The molecule has 0 bridgehead atoms. The molecule has 0 unspecified atom stereocenters. The summed E-state index contributed by atoms with van der Waals surface area (Å²) in [5.41, 5.74) is 8.80. The predicted molar refractivity (Wildman–Crippen MR) is 71.4 cm³/mol. The van der Waals surface area contributed by atoms with Gasteiger partial charge in [0.25, 0.3) is 0 Å². The highest BCUT2D eigenvalue weighted by Crippen LogP contribution is 2.09. The molecule has 18 heavy (non-hydrogen) atoms. The quantitative estimate of drug-likeness (QED) is 0.460. The van der Waals surface area contributed by atoms with Crippen LogP contribution in [0.2, 0.25) is 0 Å². The number of aromatic nitrogens is 1. The second-order valence-corrected chi connectivity index (χ2v) is 4.22. The Morgan fingerprint density at radius 3 is 2.94 bits per heavy atom. The smallest absolute Gasteiger partial charge is 0.231 e. The molecule has 5 N–H and O–H groups in total. The van der Waals surface area contributed by atoms with E-state index in [9.17, 15) is 4.79 Å². The number of unbranched alkanes of at least 4 members (excludes halogenated alkanes) is 1. The molecule has 0 aliphatic rings. The van der Waals surface area contributed by atoms with Crippen molar-refractivity contribution in [2.45, 2.75) is 26.3 Å². The van der Waals surface area contributed by atoms with Crippen LogP contribution in [0.25, 0.3) is 0 Å². The van der Waals surface area contributed by atoms with Crippen molar-refractivity contribution >= 4 is 11.7 Å². The van der Waals surface area contributed by atoms with E-state index in [1.54, 1.807) is 6.20 Å². The third kappa shape index (κ3) is 5.11. The number of rotatable bonds is 8. The van der Waals surface area contributed by atoms with E-state index in [1.807, 2.05) is 17.0 Å². The Balaban J connectivity index is 2.65. The van der Waals surface area contributed by atoms with Crippen molar-refractivity contribution in [3.63, 3.8) is 0 Å². The van der Waals surface area contributed by atoms with Crippen LogP contribution in [0.4, 0.5) is 5.82 Å². The Kier molecular flexibility index (Phi) is 6.10. The zero-order valence-corrected chi connectivity index (χ0v) is 10.7. The molecule has 0 aliphatic heterocycles. The molecule has 0 aromatic carbocycles. The van der Waals surface area contributed by atoms with Gasteiger partial charge in [0.1, 0.15) is 5.82 Å². The third-order valence-corrected chi connectivity index (χ3v) is 2.59. The summed E-state index contributed by atoms with van der Waals surface area (Å²) >= 11 is 0. The van der Waals surface area contributed by atoms with Crippen LogP contribution in [0.5, 0.6) is 0 Å². The molecule has 1 rings (SSSR count). The van der Waals surface area contributed by atoms with Crippen LogP contribution in [0.3, 0.4) is 0 Å².